The number of amides is 1. The van der Waals surface area contributed by atoms with E-state index in [2.05, 4.69) is 15.9 Å². The number of carbonyl (C=O) groups excluding carboxylic acids is 1. The van der Waals surface area contributed by atoms with E-state index in [0.29, 0.717) is 38.3 Å². The Balaban J connectivity index is 1.55. The summed E-state index contributed by atoms with van der Waals surface area (Å²) in [5.41, 5.74) is 2.63. The van der Waals surface area contributed by atoms with Crippen LogP contribution in [0.2, 0.25) is 0 Å². The molecule has 4 rings (SSSR count). The first-order valence-corrected chi connectivity index (χ1v) is 12.6. The predicted octanol–water partition coefficient (Wildman–Crippen LogP) is 6.97. The maximum atomic E-state index is 13.2. The zero-order valence-corrected chi connectivity index (χ0v) is 21.5. The van der Waals surface area contributed by atoms with Gasteiger partial charge in [0.1, 0.15) is 16.7 Å². The summed E-state index contributed by atoms with van der Waals surface area (Å²) in [6, 6.07) is 19.6. The summed E-state index contributed by atoms with van der Waals surface area (Å²) in [5, 5.41) is 0. The molecule has 0 N–H and O–H groups in total. The Labute approximate surface area is 215 Å². The SMILES string of the molecule is CCOc1cc(/C=C2/SC(=S)N(Cc3ccccc3)C2=O)cc(Br)c1OCc1ccc(F)cc1. The number of benzene rings is 3. The van der Waals surface area contributed by atoms with Crippen LogP contribution in [0.4, 0.5) is 4.39 Å². The molecule has 1 heterocycles. The lowest BCUT2D eigenvalue weighted by molar-refractivity contribution is -0.122. The normalized spacial score (nSPS) is 14.7. The summed E-state index contributed by atoms with van der Waals surface area (Å²) in [5.74, 6) is 0.674. The molecule has 4 nitrogen and oxygen atoms in total. The van der Waals surface area contributed by atoms with Gasteiger partial charge in [-0.1, -0.05) is 66.4 Å². The van der Waals surface area contributed by atoms with Gasteiger partial charge in [0.05, 0.1) is 22.5 Å². The van der Waals surface area contributed by atoms with Crippen LogP contribution < -0.4 is 9.47 Å². The highest BCUT2D eigenvalue weighted by molar-refractivity contribution is 9.10. The number of hydrogen-bond acceptors (Lipinski definition) is 5. The molecule has 1 fully saturated rings. The topological polar surface area (TPSA) is 38.8 Å². The van der Waals surface area contributed by atoms with Crippen LogP contribution >= 0.6 is 39.9 Å². The van der Waals surface area contributed by atoms with E-state index < -0.39 is 0 Å². The van der Waals surface area contributed by atoms with Crippen molar-refractivity contribution in [2.45, 2.75) is 20.1 Å². The lowest BCUT2D eigenvalue weighted by Crippen LogP contribution is -2.27. The van der Waals surface area contributed by atoms with Crippen molar-refractivity contribution in [1.29, 1.82) is 0 Å². The van der Waals surface area contributed by atoms with E-state index in [1.807, 2.05) is 49.4 Å². The van der Waals surface area contributed by atoms with Crippen LogP contribution in [0.25, 0.3) is 6.08 Å². The van der Waals surface area contributed by atoms with E-state index in [9.17, 15) is 9.18 Å². The molecule has 1 amide bonds. The molecule has 0 bridgehead atoms. The van der Waals surface area contributed by atoms with Gasteiger partial charge in [-0.3, -0.25) is 9.69 Å². The third-order valence-electron chi connectivity index (χ3n) is 4.98. The average Bonchev–Trinajstić information content (AvgIpc) is 3.08. The van der Waals surface area contributed by atoms with E-state index in [1.54, 1.807) is 23.1 Å². The van der Waals surface area contributed by atoms with Crippen LogP contribution in [0.3, 0.4) is 0 Å². The van der Waals surface area contributed by atoms with Gasteiger partial charge in [-0.05, 0) is 69.9 Å². The summed E-state index contributed by atoms with van der Waals surface area (Å²) in [4.78, 5) is 15.2. The Kier molecular flexibility index (Phi) is 8.03. The van der Waals surface area contributed by atoms with Gasteiger partial charge in [0.15, 0.2) is 11.5 Å². The van der Waals surface area contributed by atoms with Gasteiger partial charge in [0.2, 0.25) is 0 Å². The zero-order valence-electron chi connectivity index (χ0n) is 18.3. The summed E-state index contributed by atoms with van der Waals surface area (Å²) >= 11 is 10.3. The minimum absolute atomic E-state index is 0.121. The molecule has 3 aromatic rings. The minimum Gasteiger partial charge on any atom is -0.490 e. The number of ether oxygens (including phenoxy) is 2. The Morgan fingerprint density at radius 1 is 1.06 bits per heavy atom. The van der Waals surface area contributed by atoms with Gasteiger partial charge in [-0.25, -0.2) is 4.39 Å². The second kappa shape index (κ2) is 11.2. The average molecular weight is 558 g/mol. The molecule has 1 saturated heterocycles. The second-order valence-corrected chi connectivity index (χ2v) is 9.96. The van der Waals surface area contributed by atoms with E-state index in [0.717, 1.165) is 16.7 Å². The van der Waals surface area contributed by atoms with Crippen molar-refractivity contribution in [3.05, 3.63) is 98.6 Å². The van der Waals surface area contributed by atoms with Crippen molar-refractivity contribution in [2.24, 2.45) is 0 Å². The molecular weight excluding hydrogens is 537 g/mol. The predicted molar refractivity (Wildman–Crippen MR) is 141 cm³/mol. The molecule has 0 aromatic heterocycles. The third kappa shape index (κ3) is 5.87. The fraction of sp³-hybridized carbons (Fsp3) is 0.154. The zero-order chi connectivity index (χ0) is 24.1. The molecule has 0 radical (unpaired) electrons. The van der Waals surface area contributed by atoms with Crippen molar-refractivity contribution in [3.63, 3.8) is 0 Å². The number of nitrogens with zero attached hydrogens (tertiary/aromatic N) is 1. The largest absolute Gasteiger partial charge is 0.490 e. The maximum Gasteiger partial charge on any atom is 0.266 e. The molecule has 0 unspecified atom stereocenters. The van der Waals surface area contributed by atoms with E-state index in [4.69, 9.17) is 21.7 Å². The van der Waals surface area contributed by atoms with Crippen LogP contribution in [0.15, 0.2) is 76.1 Å². The number of thiocarbonyl (C=S) groups is 1. The van der Waals surface area contributed by atoms with Crippen molar-refractivity contribution in [1.82, 2.24) is 4.90 Å². The van der Waals surface area contributed by atoms with Gasteiger partial charge in [0, 0.05) is 0 Å². The van der Waals surface area contributed by atoms with E-state index in [-0.39, 0.29) is 18.3 Å². The van der Waals surface area contributed by atoms with E-state index >= 15 is 0 Å². The molecule has 1 aliphatic heterocycles. The highest BCUT2D eigenvalue weighted by atomic mass is 79.9. The summed E-state index contributed by atoms with van der Waals surface area (Å²) in [7, 11) is 0. The van der Waals surface area contributed by atoms with Gasteiger partial charge < -0.3 is 9.47 Å². The molecular formula is C26H21BrFNO3S2. The third-order valence-corrected chi connectivity index (χ3v) is 6.95. The molecule has 3 aromatic carbocycles. The highest BCUT2D eigenvalue weighted by Gasteiger charge is 2.32. The first-order valence-electron chi connectivity index (χ1n) is 10.6. The number of hydrogen-bond donors (Lipinski definition) is 0. The molecule has 0 atom stereocenters. The monoisotopic (exact) mass is 557 g/mol. The standard InChI is InChI=1S/C26H21BrFNO3S2/c1-2-31-22-13-19(12-21(27)24(22)32-16-18-8-10-20(28)11-9-18)14-23-25(30)29(26(33)34-23)15-17-6-4-3-5-7-17/h3-14H,2,15-16H2,1H3/b23-14+. The summed E-state index contributed by atoms with van der Waals surface area (Å²) < 4.78 is 26.2. The van der Waals surface area contributed by atoms with E-state index in [1.165, 1.54) is 23.9 Å². The maximum absolute atomic E-state index is 13.2. The van der Waals surface area contributed by atoms with Crippen molar-refractivity contribution in [2.75, 3.05) is 6.61 Å². The molecule has 0 spiro atoms. The van der Waals surface area contributed by atoms with Gasteiger partial charge in [0.25, 0.3) is 5.91 Å². The van der Waals surface area contributed by atoms with Crippen molar-refractivity contribution in [3.8, 4) is 11.5 Å². The number of halogens is 2. The van der Waals surface area contributed by atoms with Crippen molar-refractivity contribution < 1.29 is 18.7 Å². The first kappa shape index (κ1) is 24.4. The fourth-order valence-corrected chi connectivity index (χ4v) is 5.19. The van der Waals surface area contributed by atoms with Crippen LogP contribution in [-0.4, -0.2) is 21.7 Å². The molecule has 1 aliphatic rings. The minimum atomic E-state index is -0.293. The number of carbonyl (C=O) groups is 1. The smallest absolute Gasteiger partial charge is 0.266 e. The van der Waals surface area contributed by atoms with Gasteiger partial charge in [-0.15, -0.1) is 0 Å². The first-order chi connectivity index (χ1) is 16.4. The molecule has 0 saturated carbocycles. The van der Waals surface area contributed by atoms with Crippen LogP contribution in [0.5, 0.6) is 11.5 Å². The molecule has 0 aliphatic carbocycles. The summed E-state index contributed by atoms with van der Waals surface area (Å²) in [6.45, 7) is 3.03. The van der Waals surface area contributed by atoms with Crippen molar-refractivity contribution >= 4 is 56.2 Å². The molecule has 8 heteroatoms. The number of rotatable bonds is 8. The fourth-order valence-electron chi connectivity index (χ4n) is 3.36. The van der Waals surface area contributed by atoms with Crippen LogP contribution in [0, 0.1) is 5.82 Å². The lowest BCUT2D eigenvalue weighted by atomic mass is 10.1. The molecule has 174 valence electrons. The lowest BCUT2D eigenvalue weighted by Gasteiger charge is -2.15. The highest BCUT2D eigenvalue weighted by Crippen LogP contribution is 2.40. The quantitative estimate of drug-likeness (QED) is 0.221. The van der Waals surface area contributed by atoms with Gasteiger partial charge in [-0.2, -0.15) is 0 Å². The van der Waals surface area contributed by atoms with Crippen LogP contribution in [-0.2, 0) is 17.9 Å². The Morgan fingerprint density at radius 3 is 2.50 bits per heavy atom. The Bertz CT molecular complexity index is 1230. The van der Waals surface area contributed by atoms with Gasteiger partial charge >= 0.3 is 0 Å². The van der Waals surface area contributed by atoms with Crippen LogP contribution in [0.1, 0.15) is 23.6 Å². The Hall–Kier alpha value is -2.68. The number of thioether (sulfide) groups is 1. The molecule has 34 heavy (non-hydrogen) atoms. The Morgan fingerprint density at radius 2 is 1.79 bits per heavy atom. The second-order valence-electron chi connectivity index (χ2n) is 7.43. The summed E-state index contributed by atoms with van der Waals surface area (Å²) in [6.07, 6.45) is 1.81.